The Kier molecular flexibility index (Phi) is 1.18. The number of nitrogens with two attached hydrogens (primary N) is 1. The molecule has 1 aliphatic heterocycles. The smallest absolute Gasteiger partial charge is 0.144 e. The highest BCUT2D eigenvalue weighted by molar-refractivity contribution is 5.78. The Hall–Kier alpha value is -1.38. The monoisotopic (exact) mass is 150 g/mol. The number of hydrogen-bond donors (Lipinski definition) is 1. The van der Waals surface area contributed by atoms with Crippen molar-refractivity contribution in [1.82, 2.24) is 0 Å². The Balaban J connectivity index is 2.43. The third kappa shape index (κ3) is 0.888. The van der Waals surface area contributed by atoms with Crippen molar-refractivity contribution >= 4 is 6.21 Å². The maximum absolute atomic E-state index is 12.8. The Morgan fingerprint density at radius 3 is 3.18 bits per heavy atom. The second-order valence-electron chi connectivity index (χ2n) is 2.52. The van der Waals surface area contributed by atoms with Crippen LogP contribution in [0.5, 0.6) is 0 Å². The summed E-state index contributed by atoms with van der Waals surface area (Å²) < 4.78 is 12.8. The van der Waals surface area contributed by atoms with Crippen LogP contribution in [0.25, 0.3) is 0 Å². The summed E-state index contributed by atoms with van der Waals surface area (Å²) in [6.07, 6.45) is 6.54. The molecule has 2 aliphatic rings. The lowest BCUT2D eigenvalue weighted by Crippen LogP contribution is -2.10. The normalized spacial score (nSPS) is 27.4. The van der Waals surface area contributed by atoms with E-state index in [1.165, 1.54) is 6.08 Å². The van der Waals surface area contributed by atoms with Gasteiger partial charge < -0.3 is 5.73 Å². The van der Waals surface area contributed by atoms with Gasteiger partial charge in [0.1, 0.15) is 5.83 Å². The predicted molar refractivity (Wildman–Crippen MR) is 41.8 cm³/mol. The van der Waals surface area contributed by atoms with Crippen LogP contribution in [0.4, 0.5) is 4.39 Å². The molecular weight excluding hydrogens is 143 g/mol. The molecule has 2 N–H and O–H groups in total. The first kappa shape index (κ1) is 6.34. The van der Waals surface area contributed by atoms with E-state index in [-0.39, 0.29) is 17.6 Å². The van der Waals surface area contributed by atoms with Crippen LogP contribution in [0, 0.1) is 0 Å². The molecule has 0 aromatic carbocycles. The predicted octanol–water partition coefficient (Wildman–Crippen LogP) is 1.08. The van der Waals surface area contributed by atoms with Gasteiger partial charge in [0, 0.05) is 6.21 Å². The van der Waals surface area contributed by atoms with Crippen LogP contribution in [-0.2, 0) is 0 Å². The van der Waals surface area contributed by atoms with E-state index in [1.807, 2.05) is 6.08 Å². The number of fused-ring (bicyclic) bond motifs is 1. The maximum atomic E-state index is 12.8. The number of aliphatic imine (C=N–C) groups is 1. The van der Waals surface area contributed by atoms with Crippen molar-refractivity contribution in [3.05, 3.63) is 35.3 Å². The highest BCUT2D eigenvalue weighted by Gasteiger charge is 2.18. The summed E-state index contributed by atoms with van der Waals surface area (Å²) in [5.41, 5.74) is 6.51. The number of nitrogens with zero attached hydrogens (tertiary/aromatic N) is 1. The van der Waals surface area contributed by atoms with Crippen LogP contribution in [0.3, 0.4) is 0 Å². The lowest BCUT2D eigenvalue weighted by atomic mass is 10.0. The Labute approximate surface area is 63.6 Å². The number of hydrogen-bond acceptors (Lipinski definition) is 2. The minimum absolute atomic E-state index is 0.137. The van der Waals surface area contributed by atoms with Crippen molar-refractivity contribution in [2.24, 2.45) is 10.7 Å². The molecule has 0 fully saturated rings. The summed E-state index contributed by atoms with van der Waals surface area (Å²) >= 11 is 0. The summed E-state index contributed by atoms with van der Waals surface area (Å²) in [5.74, 6) is -0.369. The van der Waals surface area contributed by atoms with Gasteiger partial charge in [0.05, 0.1) is 11.7 Å². The van der Waals surface area contributed by atoms with Gasteiger partial charge in [-0.1, -0.05) is 0 Å². The van der Waals surface area contributed by atoms with Crippen molar-refractivity contribution in [2.75, 3.05) is 0 Å². The topological polar surface area (TPSA) is 38.4 Å². The van der Waals surface area contributed by atoms with Crippen molar-refractivity contribution in [3.8, 4) is 0 Å². The highest BCUT2D eigenvalue weighted by Crippen LogP contribution is 2.24. The highest BCUT2D eigenvalue weighted by atomic mass is 19.1. The van der Waals surface area contributed by atoms with E-state index in [4.69, 9.17) is 5.73 Å². The molecule has 0 saturated heterocycles. The van der Waals surface area contributed by atoms with Gasteiger partial charge >= 0.3 is 0 Å². The van der Waals surface area contributed by atoms with Gasteiger partial charge in [-0.3, -0.25) is 4.99 Å². The zero-order valence-electron chi connectivity index (χ0n) is 5.79. The standard InChI is InChI=1S/C8H7FN2/c9-6-4-8-5(1-2-11-8)3-7(6)10/h1-4,8H,10H2/t8-/m0/s1. The quantitative estimate of drug-likeness (QED) is 0.551. The van der Waals surface area contributed by atoms with Crippen LogP contribution in [0.15, 0.2) is 40.3 Å². The molecule has 1 heterocycles. The summed E-state index contributed by atoms with van der Waals surface area (Å²) in [6, 6.07) is -0.137. The molecule has 2 nitrogen and oxygen atoms in total. The van der Waals surface area contributed by atoms with E-state index in [9.17, 15) is 4.39 Å². The Morgan fingerprint density at radius 1 is 1.55 bits per heavy atom. The van der Waals surface area contributed by atoms with Gasteiger partial charge in [-0.25, -0.2) is 4.39 Å². The Bertz CT molecular complexity index is 310. The molecular formula is C8H7FN2. The van der Waals surface area contributed by atoms with Crippen LogP contribution in [-0.4, -0.2) is 12.3 Å². The van der Waals surface area contributed by atoms with Gasteiger partial charge in [-0.2, -0.15) is 0 Å². The van der Waals surface area contributed by atoms with Crippen molar-refractivity contribution in [3.63, 3.8) is 0 Å². The maximum Gasteiger partial charge on any atom is 0.144 e. The first-order chi connectivity index (χ1) is 5.27. The zero-order chi connectivity index (χ0) is 7.84. The molecule has 0 unspecified atom stereocenters. The van der Waals surface area contributed by atoms with Crippen LogP contribution >= 0.6 is 0 Å². The molecule has 1 atom stereocenters. The fraction of sp³-hybridized carbons (Fsp3) is 0.125. The van der Waals surface area contributed by atoms with Gasteiger partial charge in [-0.15, -0.1) is 0 Å². The molecule has 0 amide bonds. The third-order valence-electron chi connectivity index (χ3n) is 1.76. The minimum Gasteiger partial charge on any atom is -0.396 e. The first-order valence-corrected chi connectivity index (χ1v) is 3.35. The molecule has 3 heteroatoms. The van der Waals surface area contributed by atoms with Crippen molar-refractivity contribution < 1.29 is 4.39 Å². The molecule has 2 rings (SSSR count). The second-order valence-corrected chi connectivity index (χ2v) is 2.52. The van der Waals surface area contributed by atoms with E-state index < -0.39 is 0 Å². The summed E-state index contributed by atoms with van der Waals surface area (Å²) in [6.45, 7) is 0. The summed E-state index contributed by atoms with van der Waals surface area (Å²) in [7, 11) is 0. The third-order valence-corrected chi connectivity index (χ3v) is 1.76. The number of rotatable bonds is 0. The minimum atomic E-state index is -0.369. The van der Waals surface area contributed by atoms with Crippen LogP contribution < -0.4 is 5.73 Å². The fourth-order valence-electron chi connectivity index (χ4n) is 1.16. The average molecular weight is 150 g/mol. The molecule has 11 heavy (non-hydrogen) atoms. The lowest BCUT2D eigenvalue weighted by molar-refractivity contribution is 0.634. The molecule has 0 saturated carbocycles. The first-order valence-electron chi connectivity index (χ1n) is 3.35. The van der Waals surface area contributed by atoms with E-state index in [2.05, 4.69) is 4.99 Å². The molecule has 0 aromatic rings. The molecule has 0 spiro atoms. The van der Waals surface area contributed by atoms with E-state index >= 15 is 0 Å². The largest absolute Gasteiger partial charge is 0.396 e. The van der Waals surface area contributed by atoms with Crippen molar-refractivity contribution in [1.29, 1.82) is 0 Å². The molecule has 0 radical (unpaired) electrons. The Morgan fingerprint density at radius 2 is 2.36 bits per heavy atom. The van der Waals surface area contributed by atoms with E-state index in [1.54, 1.807) is 12.3 Å². The van der Waals surface area contributed by atoms with Crippen LogP contribution in [0.2, 0.25) is 0 Å². The van der Waals surface area contributed by atoms with Gasteiger partial charge in [-0.05, 0) is 23.8 Å². The van der Waals surface area contributed by atoms with Gasteiger partial charge in [0.25, 0.3) is 0 Å². The molecule has 0 aromatic heterocycles. The molecule has 56 valence electrons. The average Bonchev–Trinajstić information content (AvgIpc) is 2.36. The second kappa shape index (κ2) is 2.05. The number of allylic oxidation sites excluding steroid dienone is 2. The molecule has 0 bridgehead atoms. The zero-order valence-corrected chi connectivity index (χ0v) is 5.79. The van der Waals surface area contributed by atoms with Gasteiger partial charge in [0.2, 0.25) is 0 Å². The van der Waals surface area contributed by atoms with Gasteiger partial charge in [0.15, 0.2) is 0 Å². The van der Waals surface area contributed by atoms with E-state index in [0.717, 1.165) is 5.57 Å². The number of halogens is 1. The SMILES string of the molecule is NC1=CC2=CC=N[C@H]2C=C1F. The van der Waals surface area contributed by atoms with Crippen LogP contribution in [0.1, 0.15) is 0 Å². The lowest BCUT2D eigenvalue weighted by Gasteiger charge is -2.11. The summed E-state index contributed by atoms with van der Waals surface area (Å²) in [4.78, 5) is 4.01. The summed E-state index contributed by atoms with van der Waals surface area (Å²) in [5, 5.41) is 0. The molecule has 1 aliphatic carbocycles. The fourth-order valence-corrected chi connectivity index (χ4v) is 1.16. The van der Waals surface area contributed by atoms with E-state index in [0.29, 0.717) is 0 Å². The van der Waals surface area contributed by atoms with Crippen molar-refractivity contribution in [2.45, 2.75) is 6.04 Å².